The van der Waals surface area contributed by atoms with Crippen molar-refractivity contribution in [2.45, 2.75) is 46.6 Å². The minimum atomic E-state index is -0.228. The van der Waals surface area contributed by atoms with Gasteiger partial charge in [0, 0.05) is 6.54 Å². The molecule has 18 heavy (non-hydrogen) atoms. The van der Waals surface area contributed by atoms with Crippen molar-refractivity contribution < 1.29 is 0 Å². The van der Waals surface area contributed by atoms with Crippen LogP contribution >= 0.6 is 0 Å². The van der Waals surface area contributed by atoms with E-state index in [0.717, 1.165) is 19.5 Å². The Bertz CT molecular complexity index is 396. The van der Waals surface area contributed by atoms with Crippen LogP contribution in [0.3, 0.4) is 0 Å². The van der Waals surface area contributed by atoms with Gasteiger partial charge >= 0.3 is 0 Å². The molecule has 2 heteroatoms. The molecule has 0 aliphatic rings. The zero-order valence-electron chi connectivity index (χ0n) is 12.0. The third-order valence-corrected chi connectivity index (χ3v) is 3.20. The molecule has 0 amide bonds. The smallest absolute Gasteiger partial charge is 0.0684 e. The molecule has 1 N–H and O–H groups in total. The summed E-state index contributed by atoms with van der Waals surface area (Å²) in [5, 5.41) is 12.3. The molecule has 0 bridgehead atoms. The number of nitrogens with zero attached hydrogens (tertiary/aromatic N) is 1. The van der Waals surface area contributed by atoms with Gasteiger partial charge in [0.1, 0.15) is 0 Å². The highest BCUT2D eigenvalue weighted by atomic mass is 14.8. The molecule has 0 fully saturated rings. The Labute approximate surface area is 111 Å². The molecule has 0 unspecified atom stereocenters. The molecule has 0 spiro atoms. The van der Waals surface area contributed by atoms with E-state index in [2.05, 4.69) is 49.5 Å². The monoisotopic (exact) mass is 244 g/mol. The molecule has 0 aromatic heterocycles. The van der Waals surface area contributed by atoms with E-state index in [1.807, 2.05) is 13.8 Å². The van der Waals surface area contributed by atoms with E-state index >= 15 is 0 Å². The second-order valence-corrected chi connectivity index (χ2v) is 5.82. The number of benzene rings is 1. The van der Waals surface area contributed by atoms with Gasteiger partial charge in [-0.05, 0) is 43.9 Å². The molecule has 98 valence electrons. The third-order valence-electron chi connectivity index (χ3n) is 3.20. The Morgan fingerprint density at radius 1 is 1.22 bits per heavy atom. The fourth-order valence-corrected chi connectivity index (χ4v) is 1.71. The summed E-state index contributed by atoms with van der Waals surface area (Å²) in [4.78, 5) is 0. The van der Waals surface area contributed by atoms with Gasteiger partial charge in [0.2, 0.25) is 0 Å². The molecule has 0 aliphatic carbocycles. The lowest BCUT2D eigenvalue weighted by atomic mass is 9.91. The van der Waals surface area contributed by atoms with Crippen molar-refractivity contribution in [3.63, 3.8) is 0 Å². The molecular weight excluding hydrogens is 220 g/mol. The summed E-state index contributed by atoms with van der Waals surface area (Å²) in [7, 11) is 0. The average Bonchev–Trinajstić information content (AvgIpc) is 2.35. The molecule has 2 nitrogen and oxygen atoms in total. The summed E-state index contributed by atoms with van der Waals surface area (Å²) in [6.45, 7) is 10.1. The van der Waals surface area contributed by atoms with E-state index in [9.17, 15) is 0 Å². The number of nitrogens with one attached hydrogen (secondary N) is 1. The summed E-state index contributed by atoms with van der Waals surface area (Å²) in [6, 6.07) is 11.1. The number of rotatable bonds is 6. The van der Waals surface area contributed by atoms with Crippen LogP contribution in [0.5, 0.6) is 0 Å². The fraction of sp³-hybridized carbons (Fsp3) is 0.562. The van der Waals surface area contributed by atoms with Crippen molar-refractivity contribution in [3.05, 3.63) is 35.4 Å². The topological polar surface area (TPSA) is 35.8 Å². The normalized spacial score (nSPS) is 11.6. The zero-order valence-corrected chi connectivity index (χ0v) is 12.0. The van der Waals surface area contributed by atoms with Crippen LogP contribution in [0.1, 0.15) is 51.2 Å². The van der Waals surface area contributed by atoms with Crippen LogP contribution in [-0.2, 0) is 6.54 Å². The van der Waals surface area contributed by atoms with Crippen molar-refractivity contribution >= 4 is 0 Å². The summed E-state index contributed by atoms with van der Waals surface area (Å²) in [6.07, 6.45) is 0.883. The van der Waals surface area contributed by atoms with Crippen molar-refractivity contribution in [2.75, 3.05) is 6.54 Å². The maximum atomic E-state index is 8.92. The maximum absolute atomic E-state index is 8.92. The van der Waals surface area contributed by atoms with Crippen LogP contribution in [0.25, 0.3) is 0 Å². The highest BCUT2D eigenvalue weighted by molar-refractivity contribution is 5.24. The number of hydrogen-bond acceptors (Lipinski definition) is 2. The number of nitriles is 1. The van der Waals surface area contributed by atoms with Gasteiger partial charge in [-0.2, -0.15) is 5.26 Å². The molecule has 0 aliphatic heterocycles. The van der Waals surface area contributed by atoms with Gasteiger partial charge in [0.25, 0.3) is 0 Å². The van der Waals surface area contributed by atoms with Crippen LogP contribution in [-0.4, -0.2) is 6.54 Å². The van der Waals surface area contributed by atoms with Crippen molar-refractivity contribution in [2.24, 2.45) is 5.41 Å². The Balaban J connectivity index is 2.34. The van der Waals surface area contributed by atoms with Crippen molar-refractivity contribution in [1.82, 2.24) is 5.32 Å². The fourth-order valence-electron chi connectivity index (χ4n) is 1.71. The van der Waals surface area contributed by atoms with Crippen LogP contribution in [0.2, 0.25) is 0 Å². The molecule has 1 rings (SSSR count). The maximum Gasteiger partial charge on any atom is 0.0684 e. The minimum Gasteiger partial charge on any atom is -0.313 e. The minimum absolute atomic E-state index is 0.228. The molecule has 0 atom stereocenters. The van der Waals surface area contributed by atoms with Crippen LogP contribution in [0, 0.1) is 16.7 Å². The first kappa shape index (κ1) is 14.7. The van der Waals surface area contributed by atoms with Gasteiger partial charge < -0.3 is 5.32 Å². The summed E-state index contributed by atoms with van der Waals surface area (Å²) in [5.41, 5.74) is 2.45. The molecule has 1 aromatic carbocycles. The van der Waals surface area contributed by atoms with E-state index < -0.39 is 0 Å². The first-order valence-electron chi connectivity index (χ1n) is 6.65. The molecule has 0 heterocycles. The first-order valence-corrected chi connectivity index (χ1v) is 6.65. The molecule has 1 aromatic rings. The van der Waals surface area contributed by atoms with Crippen LogP contribution in [0.15, 0.2) is 24.3 Å². The highest BCUT2D eigenvalue weighted by Crippen LogP contribution is 2.17. The largest absolute Gasteiger partial charge is 0.313 e. The Morgan fingerprint density at radius 2 is 1.83 bits per heavy atom. The third kappa shape index (κ3) is 4.89. The average molecular weight is 244 g/mol. The lowest BCUT2D eigenvalue weighted by Gasteiger charge is -2.15. The van der Waals surface area contributed by atoms with Crippen LogP contribution < -0.4 is 5.32 Å². The highest BCUT2D eigenvalue weighted by Gasteiger charge is 2.15. The summed E-state index contributed by atoms with van der Waals surface area (Å²) in [5.74, 6) is 0.587. The quantitative estimate of drug-likeness (QED) is 0.772. The summed E-state index contributed by atoms with van der Waals surface area (Å²) >= 11 is 0. The van der Waals surface area contributed by atoms with Gasteiger partial charge in [-0.1, -0.05) is 38.1 Å². The Morgan fingerprint density at radius 3 is 2.33 bits per heavy atom. The summed E-state index contributed by atoms with van der Waals surface area (Å²) < 4.78 is 0. The van der Waals surface area contributed by atoms with Gasteiger partial charge in [0.05, 0.1) is 11.5 Å². The molecule has 0 saturated heterocycles. The van der Waals surface area contributed by atoms with E-state index in [1.54, 1.807) is 0 Å². The van der Waals surface area contributed by atoms with Crippen molar-refractivity contribution in [1.29, 1.82) is 5.26 Å². The standard InChI is InChI=1S/C16H24N2/c1-13(2)15-7-5-14(6-8-15)11-18-10-9-16(3,4)12-17/h5-8,13,18H,9-11H2,1-4H3. The van der Waals surface area contributed by atoms with Gasteiger partial charge in [-0.3, -0.25) is 0 Å². The lowest BCUT2D eigenvalue weighted by molar-refractivity contribution is 0.432. The predicted octanol–water partition coefficient (Wildman–Crippen LogP) is 3.84. The molecule has 0 radical (unpaired) electrons. The SMILES string of the molecule is CC(C)c1ccc(CNCCC(C)(C)C#N)cc1. The van der Waals surface area contributed by atoms with Gasteiger partial charge in [0.15, 0.2) is 0 Å². The Kier molecular flexibility index (Phi) is 5.37. The molecule has 0 saturated carbocycles. The van der Waals surface area contributed by atoms with Gasteiger partial charge in [-0.15, -0.1) is 0 Å². The van der Waals surface area contributed by atoms with Gasteiger partial charge in [-0.25, -0.2) is 0 Å². The zero-order chi connectivity index (χ0) is 13.6. The number of hydrogen-bond donors (Lipinski definition) is 1. The van der Waals surface area contributed by atoms with E-state index in [0.29, 0.717) is 5.92 Å². The molecular formula is C16H24N2. The van der Waals surface area contributed by atoms with E-state index in [1.165, 1.54) is 11.1 Å². The second kappa shape index (κ2) is 6.56. The lowest BCUT2D eigenvalue weighted by Crippen LogP contribution is -2.21. The first-order chi connectivity index (χ1) is 8.44. The second-order valence-electron chi connectivity index (χ2n) is 5.82. The predicted molar refractivity (Wildman–Crippen MR) is 76.2 cm³/mol. The van der Waals surface area contributed by atoms with Crippen molar-refractivity contribution in [3.8, 4) is 6.07 Å². The van der Waals surface area contributed by atoms with E-state index in [4.69, 9.17) is 5.26 Å². The Hall–Kier alpha value is -1.33. The van der Waals surface area contributed by atoms with E-state index in [-0.39, 0.29) is 5.41 Å². The van der Waals surface area contributed by atoms with Crippen LogP contribution in [0.4, 0.5) is 0 Å².